The van der Waals surface area contributed by atoms with E-state index in [-0.39, 0.29) is 6.29 Å². The molecule has 0 spiro atoms. The Balaban J connectivity index is 2.04. The van der Waals surface area contributed by atoms with Gasteiger partial charge in [0.15, 0.2) is 6.29 Å². The van der Waals surface area contributed by atoms with E-state index in [4.69, 9.17) is 21.1 Å². The highest BCUT2D eigenvalue weighted by Crippen LogP contribution is 2.29. The van der Waals surface area contributed by atoms with Crippen LogP contribution in [0.4, 0.5) is 0 Å². The van der Waals surface area contributed by atoms with Crippen molar-refractivity contribution in [1.29, 1.82) is 0 Å². The second kappa shape index (κ2) is 7.31. The Hall–Kier alpha value is -1.01. The van der Waals surface area contributed by atoms with Crippen molar-refractivity contribution in [3.63, 3.8) is 0 Å². The average Bonchev–Trinajstić information content (AvgIpc) is 2.73. The lowest BCUT2D eigenvalue weighted by Gasteiger charge is -2.13. The maximum Gasteiger partial charge on any atom is 0.183 e. The number of aryl methyl sites for hydroxylation is 2. The SMILES string of the molecule is COC(OC)c1ccc(SCc2c(C)nn(C)c2Cl)cc1. The number of halogens is 1. The van der Waals surface area contributed by atoms with Gasteiger partial charge in [0.25, 0.3) is 0 Å². The number of rotatable bonds is 6. The van der Waals surface area contributed by atoms with E-state index in [0.717, 1.165) is 22.6 Å². The minimum atomic E-state index is -0.320. The van der Waals surface area contributed by atoms with E-state index < -0.39 is 0 Å². The summed E-state index contributed by atoms with van der Waals surface area (Å²) in [5, 5.41) is 5.02. The van der Waals surface area contributed by atoms with E-state index in [1.165, 1.54) is 4.90 Å². The number of hydrogen-bond donors (Lipinski definition) is 0. The van der Waals surface area contributed by atoms with Crippen LogP contribution < -0.4 is 0 Å². The van der Waals surface area contributed by atoms with Gasteiger partial charge in [-0.05, 0) is 19.1 Å². The van der Waals surface area contributed by atoms with Crippen LogP contribution in [-0.4, -0.2) is 24.0 Å². The number of nitrogens with zero attached hydrogens (tertiary/aromatic N) is 2. The Morgan fingerprint density at radius 2 is 1.86 bits per heavy atom. The Kier molecular flexibility index (Phi) is 5.70. The molecule has 1 aromatic carbocycles. The maximum atomic E-state index is 6.24. The smallest absolute Gasteiger partial charge is 0.183 e. The summed E-state index contributed by atoms with van der Waals surface area (Å²) in [6, 6.07) is 8.14. The molecule has 0 aliphatic carbocycles. The van der Waals surface area contributed by atoms with Crippen LogP contribution in [0, 0.1) is 6.92 Å². The molecule has 4 nitrogen and oxygen atoms in total. The van der Waals surface area contributed by atoms with Crippen LogP contribution in [0.1, 0.15) is 23.1 Å². The third kappa shape index (κ3) is 3.80. The summed E-state index contributed by atoms with van der Waals surface area (Å²) in [5.41, 5.74) is 3.06. The first-order chi connectivity index (χ1) is 10.1. The van der Waals surface area contributed by atoms with Crippen LogP contribution in [-0.2, 0) is 22.3 Å². The fourth-order valence-electron chi connectivity index (χ4n) is 2.08. The van der Waals surface area contributed by atoms with Crippen molar-refractivity contribution in [2.24, 2.45) is 7.05 Å². The molecule has 0 N–H and O–H groups in total. The molecule has 2 rings (SSSR count). The lowest BCUT2D eigenvalue weighted by atomic mass is 10.2. The van der Waals surface area contributed by atoms with Gasteiger partial charge in [-0.25, -0.2) is 0 Å². The topological polar surface area (TPSA) is 36.3 Å². The van der Waals surface area contributed by atoms with E-state index in [9.17, 15) is 0 Å². The van der Waals surface area contributed by atoms with Gasteiger partial charge in [-0.2, -0.15) is 5.10 Å². The van der Waals surface area contributed by atoms with Crippen molar-refractivity contribution in [3.8, 4) is 0 Å². The number of ether oxygens (including phenoxy) is 2. The van der Waals surface area contributed by atoms with Crippen LogP contribution in [0.3, 0.4) is 0 Å². The van der Waals surface area contributed by atoms with Gasteiger partial charge in [-0.3, -0.25) is 4.68 Å². The third-order valence-corrected chi connectivity index (χ3v) is 4.74. The minimum absolute atomic E-state index is 0.320. The van der Waals surface area contributed by atoms with Crippen molar-refractivity contribution in [2.75, 3.05) is 14.2 Å². The number of methoxy groups -OCH3 is 2. The summed E-state index contributed by atoms with van der Waals surface area (Å²) in [6.45, 7) is 1.98. The molecular weight excluding hydrogens is 308 g/mol. The van der Waals surface area contributed by atoms with E-state index >= 15 is 0 Å². The van der Waals surface area contributed by atoms with E-state index in [1.807, 2.05) is 26.1 Å². The van der Waals surface area contributed by atoms with Gasteiger partial charge in [-0.15, -0.1) is 11.8 Å². The molecule has 1 heterocycles. The van der Waals surface area contributed by atoms with Crippen molar-refractivity contribution >= 4 is 23.4 Å². The summed E-state index contributed by atoms with van der Waals surface area (Å²) in [5.74, 6) is 0.801. The standard InChI is InChI=1S/C15H19ClN2O2S/c1-10-13(14(16)18(2)17-10)9-21-12-7-5-11(6-8-12)15(19-3)20-4/h5-8,15H,9H2,1-4H3. The average molecular weight is 327 g/mol. The fourth-order valence-corrected chi connectivity index (χ4v) is 3.39. The van der Waals surface area contributed by atoms with E-state index in [0.29, 0.717) is 5.15 Å². The van der Waals surface area contributed by atoms with Crippen LogP contribution in [0.25, 0.3) is 0 Å². The molecule has 0 aliphatic rings. The molecule has 0 fully saturated rings. The summed E-state index contributed by atoms with van der Waals surface area (Å²) >= 11 is 7.97. The second-order valence-corrected chi connectivity index (χ2v) is 6.05. The lowest BCUT2D eigenvalue weighted by molar-refractivity contribution is -0.106. The Bertz CT molecular complexity index is 594. The Morgan fingerprint density at radius 3 is 2.33 bits per heavy atom. The van der Waals surface area contributed by atoms with Gasteiger partial charge in [0.1, 0.15) is 5.15 Å². The van der Waals surface area contributed by atoms with Crippen molar-refractivity contribution in [1.82, 2.24) is 9.78 Å². The summed E-state index contributed by atoms with van der Waals surface area (Å²) < 4.78 is 12.2. The first-order valence-electron chi connectivity index (χ1n) is 6.53. The first kappa shape index (κ1) is 16.4. The van der Waals surface area contributed by atoms with Gasteiger partial charge < -0.3 is 9.47 Å². The summed E-state index contributed by atoms with van der Waals surface area (Å²) in [7, 11) is 5.11. The third-order valence-electron chi connectivity index (χ3n) is 3.23. The quantitative estimate of drug-likeness (QED) is 0.594. The number of aromatic nitrogens is 2. The number of thioether (sulfide) groups is 1. The molecule has 0 bridgehead atoms. The Morgan fingerprint density at radius 1 is 1.24 bits per heavy atom. The van der Waals surface area contributed by atoms with Crippen LogP contribution in [0.2, 0.25) is 5.15 Å². The molecule has 114 valence electrons. The Labute approximate surface area is 134 Å². The van der Waals surface area contributed by atoms with Crippen LogP contribution in [0.5, 0.6) is 0 Å². The molecule has 2 aromatic rings. The van der Waals surface area contributed by atoms with Crippen LogP contribution in [0.15, 0.2) is 29.2 Å². The predicted octanol–water partition coefficient (Wildman–Crippen LogP) is 3.97. The predicted molar refractivity (Wildman–Crippen MR) is 85.7 cm³/mol. The highest BCUT2D eigenvalue weighted by molar-refractivity contribution is 7.98. The normalized spacial score (nSPS) is 11.3. The highest BCUT2D eigenvalue weighted by atomic mass is 35.5. The molecule has 0 aliphatic heterocycles. The van der Waals surface area contributed by atoms with E-state index in [2.05, 4.69) is 17.2 Å². The molecule has 0 atom stereocenters. The molecule has 0 saturated heterocycles. The van der Waals surface area contributed by atoms with E-state index in [1.54, 1.807) is 30.7 Å². The largest absolute Gasteiger partial charge is 0.352 e. The molecule has 0 saturated carbocycles. The molecule has 0 amide bonds. The van der Waals surface area contributed by atoms with Gasteiger partial charge in [0, 0.05) is 43.0 Å². The monoisotopic (exact) mass is 326 g/mol. The second-order valence-electron chi connectivity index (χ2n) is 4.64. The first-order valence-corrected chi connectivity index (χ1v) is 7.89. The molecular formula is C15H19ClN2O2S. The molecule has 1 aromatic heterocycles. The molecule has 0 unspecified atom stereocenters. The van der Waals surface area contributed by atoms with Gasteiger partial charge in [0.05, 0.1) is 5.69 Å². The fraction of sp³-hybridized carbons (Fsp3) is 0.400. The molecule has 21 heavy (non-hydrogen) atoms. The van der Waals surface area contributed by atoms with Gasteiger partial charge >= 0.3 is 0 Å². The number of benzene rings is 1. The van der Waals surface area contributed by atoms with Gasteiger partial charge in [0.2, 0.25) is 0 Å². The van der Waals surface area contributed by atoms with Crippen molar-refractivity contribution < 1.29 is 9.47 Å². The van der Waals surface area contributed by atoms with Gasteiger partial charge in [-0.1, -0.05) is 23.7 Å². The number of hydrogen-bond acceptors (Lipinski definition) is 4. The molecule has 0 radical (unpaired) electrons. The summed E-state index contributed by atoms with van der Waals surface area (Å²) in [6.07, 6.45) is -0.320. The maximum absolute atomic E-state index is 6.24. The highest BCUT2D eigenvalue weighted by Gasteiger charge is 2.12. The van der Waals surface area contributed by atoms with Crippen molar-refractivity contribution in [3.05, 3.63) is 46.2 Å². The van der Waals surface area contributed by atoms with Crippen molar-refractivity contribution in [2.45, 2.75) is 23.9 Å². The summed E-state index contributed by atoms with van der Waals surface area (Å²) in [4.78, 5) is 1.17. The molecule has 6 heteroatoms. The lowest BCUT2D eigenvalue weighted by Crippen LogP contribution is -2.02. The zero-order valence-electron chi connectivity index (χ0n) is 12.6. The zero-order valence-corrected chi connectivity index (χ0v) is 14.2. The minimum Gasteiger partial charge on any atom is -0.352 e. The zero-order chi connectivity index (χ0) is 15.4. The van der Waals surface area contributed by atoms with Crippen LogP contribution >= 0.6 is 23.4 Å².